The molecule has 2 amide bonds. The van der Waals surface area contributed by atoms with Crippen LogP contribution in [0, 0.1) is 0 Å². The average Bonchev–Trinajstić information content (AvgIpc) is 2.42. The number of sulfonamides is 1. The predicted molar refractivity (Wildman–Crippen MR) is 70.3 cm³/mol. The Labute approximate surface area is 116 Å². The molecule has 1 atom stereocenters. The summed E-state index contributed by atoms with van der Waals surface area (Å²) in [5.41, 5.74) is 0.326. The third kappa shape index (κ3) is 2.94. The molecule has 108 valence electrons. The van der Waals surface area contributed by atoms with Crippen molar-refractivity contribution >= 4 is 27.5 Å². The maximum atomic E-state index is 12.2. The standard InChI is InChI=1S/C11H14N4O4S/c1-12-8-3-2-6-13-11(8)20(18,19)15-7-4-5-9(16)14-10(7)17/h2-3,6-7,12,15H,4-5H2,1H3,(H,14,16,17). The lowest BCUT2D eigenvalue weighted by Gasteiger charge is -2.21. The number of nitrogens with one attached hydrogen (secondary N) is 3. The lowest BCUT2D eigenvalue weighted by Crippen LogP contribution is -2.52. The van der Waals surface area contributed by atoms with Crippen LogP contribution in [0.1, 0.15) is 12.8 Å². The molecule has 0 aromatic carbocycles. The van der Waals surface area contributed by atoms with Crippen molar-refractivity contribution in [1.29, 1.82) is 0 Å². The summed E-state index contributed by atoms with van der Waals surface area (Å²) in [5, 5.41) is 4.62. The number of hydrogen-bond acceptors (Lipinski definition) is 6. The maximum absolute atomic E-state index is 12.2. The largest absolute Gasteiger partial charge is 0.386 e. The van der Waals surface area contributed by atoms with E-state index in [4.69, 9.17) is 0 Å². The highest BCUT2D eigenvalue weighted by Gasteiger charge is 2.32. The van der Waals surface area contributed by atoms with Crippen LogP contribution in [-0.2, 0) is 19.6 Å². The van der Waals surface area contributed by atoms with Crippen molar-refractivity contribution in [2.24, 2.45) is 0 Å². The zero-order valence-corrected chi connectivity index (χ0v) is 11.5. The van der Waals surface area contributed by atoms with E-state index in [2.05, 4.69) is 20.3 Å². The van der Waals surface area contributed by atoms with Crippen molar-refractivity contribution < 1.29 is 18.0 Å². The van der Waals surface area contributed by atoms with Gasteiger partial charge in [-0.05, 0) is 18.6 Å². The highest BCUT2D eigenvalue weighted by Crippen LogP contribution is 2.18. The fraction of sp³-hybridized carbons (Fsp3) is 0.364. The van der Waals surface area contributed by atoms with Crippen LogP contribution in [0.15, 0.2) is 23.4 Å². The van der Waals surface area contributed by atoms with Gasteiger partial charge in [0.2, 0.25) is 11.8 Å². The van der Waals surface area contributed by atoms with Crippen molar-refractivity contribution in [2.45, 2.75) is 23.9 Å². The summed E-state index contributed by atoms with van der Waals surface area (Å²) in [7, 11) is -2.38. The lowest BCUT2D eigenvalue weighted by atomic mass is 10.1. The molecule has 1 saturated heterocycles. The lowest BCUT2D eigenvalue weighted by molar-refractivity contribution is -0.134. The molecule has 1 aliphatic rings. The van der Waals surface area contributed by atoms with Gasteiger partial charge in [0.15, 0.2) is 5.03 Å². The van der Waals surface area contributed by atoms with Crippen LogP contribution in [-0.4, -0.2) is 38.3 Å². The Morgan fingerprint density at radius 2 is 2.15 bits per heavy atom. The molecule has 3 N–H and O–H groups in total. The Hall–Kier alpha value is -2.00. The number of hydrogen-bond donors (Lipinski definition) is 3. The normalized spacial score (nSPS) is 19.6. The van der Waals surface area contributed by atoms with Crippen LogP contribution in [0.2, 0.25) is 0 Å². The number of rotatable bonds is 4. The van der Waals surface area contributed by atoms with Gasteiger partial charge in [-0.2, -0.15) is 4.72 Å². The van der Waals surface area contributed by atoms with Crippen LogP contribution in [0.5, 0.6) is 0 Å². The Bertz CT molecular complexity index is 644. The summed E-state index contributed by atoms with van der Waals surface area (Å²) in [6.07, 6.45) is 1.57. The second-order valence-corrected chi connectivity index (χ2v) is 5.86. The van der Waals surface area contributed by atoms with Gasteiger partial charge in [-0.15, -0.1) is 0 Å². The smallest absolute Gasteiger partial charge is 0.260 e. The van der Waals surface area contributed by atoms with E-state index in [9.17, 15) is 18.0 Å². The second kappa shape index (κ2) is 5.55. The molecule has 0 spiro atoms. The number of imide groups is 1. The van der Waals surface area contributed by atoms with Gasteiger partial charge in [-0.25, -0.2) is 13.4 Å². The first-order chi connectivity index (χ1) is 9.44. The minimum Gasteiger partial charge on any atom is -0.386 e. The van der Waals surface area contributed by atoms with E-state index in [1.807, 2.05) is 0 Å². The highest BCUT2D eigenvalue weighted by molar-refractivity contribution is 7.89. The van der Waals surface area contributed by atoms with E-state index in [0.717, 1.165) is 0 Å². The fourth-order valence-corrected chi connectivity index (χ4v) is 3.21. The van der Waals surface area contributed by atoms with Crippen molar-refractivity contribution in [3.8, 4) is 0 Å². The first kappa shape index (κ1) is 14.4. The zero-order chi connectivity index (χ0) is 14.8. The Kier molecular flexibility index (Phi) is 4.00. The quantitative estimate of drug-likeness (QED) is 0.627. The second-order valence-electron chi connectivity index (χ2n) is 4.23. The number of carbonyl (C=O) groups is 2. The van der Waals surface area contributed by atoms with Crippen molar-refractivity contribution in [3.05, 3.63) is 18.3 Å². The van der Waals surface area contributed by atoms with Crippen molar-refractivity contribution in [2.75, 3.05) is 12.4 Å². The topological polar surface area (TPSA) is 117 Å². The van der Waals surface area contributed by atoms with Crippen LogP contribution in [0.3, 0.4) is 0 Å². The number of piperidine rings is 1. The van der Waals surface area contributed by atoms with Gasteiger partial charge in [-0.1, -0.05) is 0 Å². The van der Waals surface area contributed by atoms with Crippen molar-refractivity contribution in [3.63, 3.8) is 0 Å². The molecule has 1 unspecified atom stereocenters. The minimum atomic E-state index is -3.95. The molecule has 1 fully saturated rings. The van der Waals surface area contributed by atoms with Gasteiger partial charge in [0.05, 0.1) is 5.69 Å². The average molecular weight is 298 g/mol. The molecule has 0 radical (unpaired) electrons. The summed E-state index contributed by atoms with van der Waals surface area (Å²) >= 11 is 0. The Morgan fingerprint density at radius 3 is 2.80 bits per heavy atom. The number of carbonyl (C=O) groups excluding carboxylic acids is 2. The molecule has 1 aromatic heterocycles. The molecule has 1 aromatic rings. The van der Waals surface area contributed by atoms with E-state index in [1.54, 1.807) is 19.2 Å². The third-order valence-corrected chi connectivity index (χ3v) is 4.26. The van der Waals surface area contributed by atoms with Gasteiger partial charge >= 0.3 is 0 Å². The SMILES string of the molecule is CNc1cccnc1S(=O)(=O)NC1CCC(=O)NC1=O. The van der Waals surface area contributed by atoms with Gasteiger partial charge < -0.3 is 5.32 Å². The monoisotopic (exact) mass is 298 g/mol. The molecule has 0 saturated carbocycles. The molecule has 9 heteroatoms. The molecule has 1 aliphatic heterocycles. The Balaban J connectivity index is 2.23. The maximum Gasteiger partial charge on any atom is 0.260 e. The summed E-state index contributed by atoms with van der Waals surface area (Å²) in [6.45, 7) is 0. The molecular weight excluding hydrogens is 284 g/mol. The first-order valence-corrected chi connectivity index (χ1v) is 7.41. The van der Waals surface area contributed by atoms with Crippen LogP contribution in [0.4, 0.5) is 5.69 Å². The van der Waals surface area contributed by atoms with Crippen LogP contribution in [0.25, 0.3) is 0 Å². The summed E-state index contributed by atoms with van der Waals surface area (Å²) < 4.78 is 26.7. The molecule has 0 bridgehead atoms. The molecule has 2 rings (SSSR count). The van der Waals surface area contributed by atoms with E-state index >= 15 is 0 Å². The number of nitrogens with zero attached hydrogens (tertiary/aromatic N) is 1. The van der Waals surface area contributed by atoms with E-state index < -0.39 is 27.9 Å². The number of amides is 2. The minimum absolute atomic E-state index is 0.0973. The van der Waals surface area contributed by atoms with Gasteiger partial charge in [0, 0.05) is 19.7 Å². The highest BCUT2D eigenvalue weighted by atomic mass is 32.2. The van der Waals surface area contributed by atoms with Gasteiger partial charge in [-0.3, -0.25) is 14.9 Å². The predicted octanol–water partition coefficient (Wildman–Crippen LogP) is -0.793. The summed E-state index contributed by atoms with van der Waals surface area (Å²) in [5.74, 6) is -1.05. The van der Waals surface area contributed by atoms with E-state index in [0.29, 0.717) is 5.69 Å². The summed E-state index contributed by atoms with van der Waals surface area (Å²) in [4.78, 5) is 26.4. The molecular formula is C11H14N4O4S. The molecule has 2 heterocycles. The third-order valence-electron chi connectivity index (χ3n) is 2.83. The zero-order valence-electron chi connectivity index (χ0n) is 10.7. The Morgan fingerprint density at radius 1 is 1.40 bits per heavy atom. The number of anilines is 1. The van der Waals surface area contributed by atoms with E-state index in [-0.39, 0.29) is 17.9 Å². The van der Waals surface area contributed by atoms with Crippen molar-refractivity contribution in [1.82, 2.24) is 15.0 Å². The number of aromatic nitrogens is 1. The molecule has 8 nitrogen and oxygen atoms in total. The molecule has 0 aliphatic carbocycles. The van der Waals surface area contributed by atoms with E-state index in [1.165, 1.54) is 6.20 Å². The first-order valence-electron chi connectivity index (χ1n) is 5.93. The van der Waals surface area contributed by atoms with Crippen LogP contribution < -0.4 is 15.4 Å². The van der Waals surface area contributed by atoms with Crippen LogP contribution >= 0.6 is 0 Å². The number of pyridine rings is 1. The van der Waals surface area contributed by atoms with Gasteiger partial charge in [0.1, 0.15) is 6.04 Å². The fourth-order valence-electron chi connectivity index (χ4n) is 1.84. The molecule has 20 heavy (non-hydrogen) atoms. The summed E-state index contributed by atoms with van der Waals surface area (Å²) in [6, 6.07) is 2.19. The van der Waals surface area contributed by atoms with Gasteiger partial charge in [0.25, 0.3) is 10.0 Å².